The zero-order chi connectivity index (χ0) is 21.1. The topological polar surface area (TPSA) is 71.1 Å². The Morgan fingerprint density at radius 1 is 1.07 bits per heavy atom. The Hall–Kier alpha value is -3.58. The van der Waals surface area contributed by atoms with Gasteiger partial charge in [-0.1, -0.05) is 12.1 Å². The second kappa shape index (κ2) is 8.42. The summed E-state index contributed by atoms with van der Waals surface area (Å²) in [6.07, 6.45) is 1.83. The highest BCUT2D eigenvalue weighted by Crippen LogP contribution is 2.36. The fraction of sp³-hybridized carbons (Fsp3) is 0.130. The maximum atomic E-state index is 12.7. The van der Waals surface area contributed by atoms with Crippen molar-refractivity contribution in [1.82, 2.24) is 0 Å². The van der Waals surface area contributed by atoms with Crippen molar-refractivity contribution in [2.45, 2.75) is 6.42 Å². The van der Waals surface area contributed by atoms with Crippen molar-refractivity contribution in [3.63, 3.8) is 0 Å². The number of ether oxygens (including phenoxy) is 4. The van der Waals surface area contributed by atoms with E-state index < -0.39 is 0 Å². The van der Waals surface area contributed by atoms with Crippen molar-refractivity contribution in [2.24, 2.45) is 0 Å². The summed E-state index contributed by atoms with van der Waals surface area (Å²) in [7, 11) is 3.10. The van der Waals surface area contributed by atoms with Crippen molar-refractivity contribution in [1.29, 1.82) is 0 Å². The number of thiophene rings is 1. The van der Waals surface area contributed by atoms with E-state index in [0.717, 1.165) is 10.4 Å². The number of hydrogen-bond acceptors (Lipinski definition) is 7. The standard InChI is InChI=1S/C23H18O6S/c1-26-18-8-5-14(10-20(18)27-2)11-21-23(25)17-7-6-15(12-19(17)29-21)28-22(24)13-16-4-3-9-30-16/h3-12H,13H2,1-2H3/b21-11-. The van der Waals surface area contributed by atoms with Crippen molar-refractivity contribution >= 4 is 29.2 Å². The van der Waals surface area contributed by atoms with E-state index in [0.29, 0.717) is 28.6 Å². The molecule has 6 nitrogen and oxygen atoms in total. The third kappa shape index (κ3) is 4.06. The minimum Gasteiger partial charge on any atom is -0.493 e. The Morgan fingerprint density at radius 2 is 1.90 bits per heavy atom. The second-order valence-corrected chi connectivity index (χ2v) is 7.47. The van der Waals surface area contributed by atoms with Gasteiger partial charge in [-0.15, -0.1) is 11.3 Å². The van der Waals surface area contributed by atoms with Crippen LogP contribution in [0.2, 0.25) is 0 Å². The minimum absolute atomic E-state index is 0.180. The van der Waals surface area contributed by atoms with Crippen molar-refractivity contribution in [3.8, 4) is 23.0 Å². The molecule has 0 aliphatic carbocycles. The fourth-order valence-corrected chi connectivity index (χ4v) is 3.74. The number of carbonyl (C=O) groups excluding carboxylic acids is 2. The highest BCUT2D eigenvalue weighted by atomic mass is 32.1. The van der Waals surface area contributed by atoms with E-state index in [4.69, 9.17) is 18.9 Å². The van der Waals surface area contributed by atoms with Crippen molar-refractivity contribution < 1.29 is 28.5 Å². The molecule has 0 fully saturated rings. The van der Waals surface area contributed by atoms with E-state index in [1.165, 1.54) is 11.3 Å². The summed E-state index contributed by atoms with van der Waals surface area (Å²) < 4.78 is 21.6. The minimum atomic E-state index is -0.372. The number of benzene rings is 2. The summed E-state index contributed by atoms with van der Waals surface area (Å²) in [5, 5.41) is 1.91. The van der Waals surface area contributed by atoms with Gasteiger partial charge in [0.15, 0.2) is 17.3 Å². The van der Waals surface area contributed by atoms with Crippen LogP contribution in [-0.2, 0) is 11.2 Å². The highest BCUT2D eigenvalue weighted by Gasteiger charge is 2.28. The van der Waals surface area contributed by atoms with E-state index >= 15 is 0 Å². The van der Waals surface area contributed by atoms with Crippen LogP contribution in [0.4, 0.5) is 0 Å². The number of fused-ring (bicyclic) bond motifs is 1. The second-order valence-electron chi connectivity index (χ2n) is 6.44. The van der Waals surface area contributed by atoms with Crippen molar-refractivity contribution in [3.05, 3.63) is 75.7 Å². The molecule has 4 rings (SSSR count). The van der Waals surface area contributed by atoms with E-state index in [1.54, 1.807) is 56.7 Å². The van der Waals surface area contributed by atoms with Crippen LogP contribution < -0.4 is 18.9 Å². The summed E-state index contributed by atoms with van der Waals surface area (Å²) in [6.45, 7) is 0. The average Bonchev–Trinajstić information content (AvgIpc) is 3.35. The van der Waals surface area contributed by atoms with Crippen LogP contribution in [0.3, 0.4) is 0 Å². The molecule has 0 unspecified atom stereocenters. The molecule has 152 valence electrons. The van der Waals surface area contributed by atoms with Crippen molar-refractivity contribution in [2.75, 3.05) is 14.2 Å². The molecule has 30 heavy (non-hydrogen) atoms. The first-order chi connectivity index (χ1) is 14.6. The number of rotatable bonds is 6. The van der Waals surface area contributed by atoms with Gasteiger partial charge < -0.3 is 18.9 Å². The van der Waals surface area contributed by atoms with Gasteiger partial charge in [0.05, 0.1) is 26.2 Å². The summed E-state index contributed by atoms with van der Waals surface area (Å²) in [6, 6.07) is 13.8. The predicted molar refractivity (Wildman–Crippen MR) is 113 cm³/mol. The van der Waals surface area contributed by atoms with Gasteiger partial charge in [0, 0.05) is 10.9 Å². The zero-order valence-corrected chi connectivity index (χ0v) is 17.2. The largest absolute Gasteiger partial charge is 0.493 e. The molecule has 1 aliphatic rings. The molecule has 3 aromatic rings. The van der Waals surface area contributed by atoms with E-state index in [9.17, 15) is 9.59 Å². The van der Waals surface area contributed by atoms with Crippen LogP contribution in [0.1, 0.15) is 20.8 Å². The molecule has 0 amide bonds. The van der Waals surface area contributed by atoms with E-state index in [1.807, 2.05) is 17.5 Å². The lowest BCUT2D eigenvalue weighted by Crippen LogP contribution is -2.10. The quantitative estimate of drug-likeness (QED) is 0.330. The lowest BCUT2D eigenvalue weighted by Gasteiger charge is -2.08. The number of allylic oxidation sites excluding steroid dienone is 1. The Bertz CT molecular complexity index is 1130. The monoisotopic (exact) mass is 422 g/mol. The molecule has 1 aromatic heterocycles. The number of Topliss-reactive ketones (excluding diaryl/α,β-unsaturated/α-hetero) is 1. The van der Waals surface area contributed by atoms with Gasteiger partial charge in [-0.05, 0) is 47.4 Å². The number of esters is 1. The van der Waals surface area contributed by atoms with E-state index in [2.05, 4.69) is 0 Å². The molecular weight excluding hydrogens is 404 g/mol. The zero-order valence-electron chi connectivity index (χ0n) is 16.3. The maximum Gasteiger partial charge on any atom is 0.316 e. The van der Waals surface area contributed by atoms with Crippen LogP contribution in [0, 0.1) is 0 Å². The van der Waals surface area contributed by atoms with Gasteiger partial charge in [-0.25, -0.2) is 0 Å². The molecule has 0 atom stereocenters. The predicted octanol–water partition coefficient (Wildman–Crippen LogP) is 4.53. The molecule has 7 heteroatoms. The molecule has 1 aliphatic heterocycles. The van der Waals surface area contributed by atoms with Gasteiger partial charge in [-0.3, -0.25) is 9.59 Å². The average molecular weight is 422 g/mol. The molecule has 0 radical (unpaired) electrons. The molecule has 0 saturated carbocycles. The Morgan fingerprint density at radius 3 is 2.63 bits per heavy atom. The van der Waals surface area contributed by atoms with Gasteiger partial charge in [0.25, 0.3) is 0 Å². The SMILES string of the molecule is COc1ccc(/C=C2\Oc3cc(OC(=O)Cc4cccs4)ccc3C2=O)cc1OC. The molecule has 0 N–H and O–H groups in total. The highest BCUT2D eigenvalue weighted by molar-refractivity contribution is 7.10. The third-order valence-electron chi connectivity index (χ3n) is 4.48. The molecular formula is C23H18O6S. The Balaban J connectivity index is 1.51. The number of carbonyl (C=O) groups is 2. The Kier molecular flexibility index (Phi) is 5.54. The summed E-state index contributed by atoms with van der Waals surface area (Å²) in [5.41, 5.74) is 1.14. The molecule has 2 heterocycles. The van der Waals surface area contributed by atoms with Gasteiger partial charge >= 0.3 is 5.97 Å². The lowest BCUT2D eigenvalue weighted by molar-refractivity contribution is -0.133. The summed E-state index contributed by atoms with van der Waals surface area (Å²) in [5.74, 6) is 1.40. The third-order valence-corrected chi connectivity index (χ3v) is 5.35. The molecule has 0 saturated heterocycles. The fourth-order valence-electron chi connectivity index (χ4n) is 3.05. The van der Waals surface area contributed by atoms with Gasteiger partial charge in [0.2, 0.25) is 5.78 Å². The number of hydrogen-bond donors (Lipinski definition) is 0. The van der Waals surface area contributed by atoms with Gasteiger partial charge in [0.1, 0.15) is 11.5 Å². The Labute approximate surface area is 177 Å². The van der Waals surface area contributed by atoms with Gasteiger partial charge in [-0.2, -0.15) is 0 Å². The molecule has 2 aromatic carbocycles. The first-order valence-electron chi connectivity index (χ1n) is 9.11. The first-order valence-corrected chi connectivity index (χ1v) is 9.98. The summed E-state index contributed by atoms with van der Waals surface area (Å²) in [4.78, 5) is 25.7. The van der Waals surface area contributed by atoms with Crippen LogP contribution in [0.5, 0.6) is 23.0 Å². The number of methoxy groups -OCH3 is 2. The lowest BCUT2D eigenvalue weighted by atomic mass is 10.1. The van der Waals surface area contributed by atoms with Crippen LogP contribution in [-0.4, -0.2) is 26.0 Å². The number of ketones is 1. The smallest absolute Gasteiger partial charge is 0.316 e. The van der Waals surface area contributed by atoms with Crippen LogP contribution in [0.15, 0.2) is 59.7 Å². The molecule has 0 spiro atoms. The molecule has 0 bridgehead atoms. The van der Waals surface area contributed by atoms with Crippen LogP contribution in [0.25, 0.3) is 6.08 Å². The summed E-state index contributed by atoms with van der Waals surface area (Å²) >= 11 is 1.49. The first kappa shape index (κ1) is 19.7. The normalized spacial score (nSPS) is 13.7. The maximum absolute atomic E-state index is 12.7. The van der Waals surface area contributed by atoms with Crippen LogP contribution >= 0.6 is 11.3 Å². The van der Waals surface area contributed by atoms with E-state index in [-0.39, 0.29) is 23.9 Å².